The van der Waals surface area contributed by atoms with Gasteiger partial charge >= 0.3 is 0 Å². The number of aromatic nitrogens is 2. The summed E-state index contributed by atoms with van der Waals surface area (Å²) < 4.78 is 55.4. The molecule has 4 aromatic rings. The summed E-state index contributed by atoms with van der Waals surface area (Å²) in [5.74, 6) is -3.19. The molecule has 0 saturated heterocycles. The molecular formula is C23H18ClF2N3O3S. The Morgan fingerprint density at radius 2 is 1.82 bits per heavy atom. The van der Waals surface area contributed by atoms with Crippen LogP contribution in [0.3, 0.4) is 0 Å². The number of carbonyl (C=O) groups excluding carboxylic acids is 1. The Kier molecular flexibility index (Phi) is 6.18. The fourth-order valence-corrected chi connectivity index (χ4v) is 4.70. The van der Waals surface area contributed by atoms with E-state index in [0.29, 0.717) is 27.7 Å². The van der Waals surface area contributed by atoms with Crippen LogP contribution >= 0.6 is 11.6 Å². The van der Waals surface area contributed by atoms with Gasteiger partial charge in [0.15, 0.2) is 11.6 Å². The first-order valence-corrected chi connectivity index (χ1v) is 12.0. The molecule has 2 aromatic heterocycles. The van der Waals surface area contributed by atoms with Crippen LogP contribution in [0.1, 0.15) is 29.3 Å². The molecule has 2 aromatic carbocycles. The number of benzene rings is 2. The molecule has 0 saturated carbocycles. The van der Waals surface area contributed by atoms with Crippen molar-refractivity contribution in [3.05, 3.63) is 82.6 Å². The van der Waals surface area contributed by atoms with Crippen LogP contribution in [0.4, 0.5) is 14.5 Å². The quantitative estimate of drug-likeness (QED) is 0.333. The fourth-order valence-electron chi connectivity index (χ4n) is 3.45. The van der Waals surface area contributed by atoms with Crippen LogP contribution < -0.4 is 4.72 Å². The summed E-state index contributed by atoms with van der Waals surface area (Å²) in [6.07, 6.45) is 3.26. The van der Waals surface area contributed by atoms with Crippen molar-refractivity contribution in [1.82, 2.24) is 9.97 Å². The highest BCUT2D eigenvalue weighted by Crippen LogP contribution is 2.29. The number of rotatable bonds is 7. The van der Waals surface area contributed by atoms with Crippen LogP contribution in [0.15, 0.2) is 54.9 Å². The van der Waals surface area contributed by atoms with E-state index in [0.717, 1.165) is 11.6 Å². The first-order chi connectivity index (χ1) is 15.7. The van der Waals surface area contributed by atoms with E-state index in [9.17, 15) is 17.6 Å². The van der Waals surface area contributed by atoms with E-state index in [1.54, 1.807) is 43.5 Å². The van der Waals surface area contributed by atoms with E-state index < -0.39 is 38.7 Å². The van der Waals surface area contributed by atoms with Gasteiger partial charge in [0.25, 0.3) is 0 Å². The first kappa shape index (κ1) is 22.9. The Bertz CT molecular complexity index is 1470. The molecule has 0 amide bonds. The predicted octanol–water partition coefficient (Wildman–Crippen LogP) is 5.54. The molecule has 0 unspecified atom stereocenters. The minimum atomic E-state index is -3.89. The van der Waals surface area contributed by atoms with E-state index in [1.807, 2.05) is 4.72 Å². The minimum absolute atomic E-state index is 0.0696. The number of nitrogens with zero attached hydrogens (tertiary/aromatic N) is 1. The molecule has 0 radical (unpaired) electrons. The number of carbonyl (C=O) groups is 1. The van der Waals surface area contributed by atoms with Gasteiger partial charge in [0.2, 0.25) is 10.0 Å². The number of ketones is 1. The van der Waals surface area contributed by atoms with Crippen molar-refractivity contribution >= 4 is 44.1 Å². The van der Waals surface area contributed by atoms with Gasteiger partial charge in [-0.15, -0.1) is 0 Å². The smallest absolute Gasteiger partial charge is 0.232 e. The zero-order valence-corrected chi connectivity index (χ0v) is 18.9. The van der Waals surface area contributed by atoms with Crippen molar-refractivity contribution in [1.29, 1.82) is 0 Å². The lowest BCUT2D eigenvalue weighted by Crippen LogP contribution is -2.18. The van der Waals surface area contributed by atoms with Gasteiger partial charge in [-0.1, -0.05) is 30.7 Å². The van der Waals surface area contributed by atoms with Crippen LogP contribution in [-0.2, 0) is 10.0 Å². The highest BCUT2D eigenvalue weighted by Gasteiger charge is 2.24. The lowest BCUT2D eigenvalue weighted by Gasteiger charge is -2.11. The third kappa shape index (κ3) is 4.74. The topological polar surface area (TPSA) is 91.9 Å². The summed E-state index contributed by atoms with van der Waals surface area (Å²) in [4.78, 5) is 20.3. The second-order valence-corrected chi connectivity index (χ2v) is 9.67. The van der Waals surface area contributed by atoms with Crippen molar-refractivity contribution in [2.45, 2.75) is 13.3 Å². The Balaban J connectivity index is 1.77. The predicted molar refractivity (Wildman–Crippen MR) is 124 cm³/mol. The number of halogens is 3. The van der Waals surface area contributed by atoms with Gasteiger partial charge in [0.05, 0.1) is 17.0 Å². The molecule has 10 heteroatoms. The molecular weight excluding hydrogens is 472 g/mol. The number of H-pyrrole nitrogens is 1. The summed E-state index contributed by atoms with van der Waals surface area (Å²) in [6.45, 7) is 1.64. The normalized spacial score (nSPS) is 11.6. The Hall–Kier alpha value is -3.30. The second-order valence-electron chi connectivity index (χ2n) is 7.39. The van der Waals surface area contributed by atoms with Crippen molar-refractivity contribution in [2.75, 3.05) is 10.5 Å². The number of anilines is 1. The molecule has 0 fully saturated rings. The van der Waals surface area contributed by atoms with Crippen LogP contribution in [0.2, 0.25) is 5.02 Å². The number of hydrogen-bond acceptors (Lipinski definition) is 4. The monoisotopic (exact) mass is 489 g/mol. The molecule has 170 valence electrons. The Morgan fingerprint density at radius 3 is 2.52 bits per heavy atom. The summed E-state index contributed by atoms with van der Waals surface area (Å²) in [5, 5.41) is 0.974. The molecule has 0 aliphatic rings. The average molecular weight is 490 g/mol. The molecule has 0 aliphatic heterocycles. The van der Waals surface area contributed by atoms with Crippen molar-refractivity contribution in [3.8, 4) is 11.1 Å². The van der Waals surface area contributed by atoms with E-state index in [2.05, 4.69) is 9.97 Å². The number of hydrogen-bond donors (Lipinski definition) is 2. The molecule has 4 rings (SSSR count). The highest BCUT2D eigenvalue weighted by atomic mass is 35.5. The fraction of sp³-hybridized carbons (Fsp3) is 0.130. The molecule has 0 atom stereocenters. The molecule has 33 heavy (non-hydrogen) atoms. The number of nitrogens with one attached hydrogen (secondary N) is 2. The van der Waals surface area contributed by atoms with Gasteiger partial charge in [-0.05, 0) is 36.2 Å². The van der Waals surface area contributed by atoms with Crippen LogP contribution in [0.25, 0.3) is 22.2 Å². The molecule has 6 nitrogen and oxygen atoms in total. The standard InChI is InChI=1S/C23H18ClF2N3O3S/c1-2-7-33(31,32)29-20-10-16(25)9-18(21(20)26)22(30)19-12-28-23-17(19)8-14(11-27-23)13-3-5-15(24)6-4-13/h3-6,8-12,29H,2,7H2,1H3,(H,27,28). The van der Waals surface area contributed by atoms with Crippen molar-refractivity contribution in [2.24, 2.45) is 0 Å². The van der Waals surface area contributed by atoms with Gasteiger partial charge in [0, 0.05) is 40.0 Å². The Labute approximate surface area is 193 Å². The molecule has 0 aliphatic carbocycles. The minimum Gasteiger partial charge on any atom is -0.345 e. The van der Waals surface area contributed by atoms with Crippen LogP contribution in [0, 0.1) is 11.6 Å². The van der Waals surface area contributed by atoms with Gasteiger partial charge in [-0.25, -0.2) is 22.2 Å². The van der Waals surface area contributed by atoms with E-state index in [1.165, 1.54) is 6.20 Å². The highest BCUT2D eigenvalue weighted by molar-refractivity contribution is 7.92. The number of aromatic amines is 1. The molecule has 2 N–H and O–H groups in total. The van der Waals surface area contributed by atoms with Crippen molar-refractivity contribution in [3.63, 3.8) is 0 Å². The zero-order valence-electron chi connectivity index (χ0n) is 17.3. The van der Waals surface area contributed by atoms with Gasteiger partial charge in [-0.3, -0.25) is 9.52 Å². The number of sulfonamides is 1. The molecule has 0 bridgehead atoms. The van der Waals surface area contributed by atoms with E-state index in [4.69, 9.17) is 11.6 Å². The van der Waals surface area contributed by atoms with Gasteiger partial charge in [0.1, 0.15) is 11.5 Å². The lowest BCUT2D eigenvalue weighted by molar-refractivity contribution is 0.103. The summed E-state index contributed by atoms with van der Waals surface area (Å²) in [5.41, 5.74) is 0.740. The first-order valence-electron chi connectivity index (χ1n) is 9.96. The maximum atomic E-state index is 15.1. The summed E-state index contributed by atoms with van der Waals surface area (Å²) >= 11 is 5.94. The van der Waals surface area contributed by atoms with E-state index in [-0.39, 0.29) is 17.7 Å². The molecule has 2 heterocycles. The summed E-state index contributed by atoms with van der Waals surface area (Å²) in [6, 6.07) is 10.2. The maximum absolute atomic E-state index is 15.1. The number of fused-ring (bicyclic) bond motifs is 1. The largest absolute Gasteiger partial charge is 0.345 e. The van der Waals surface area contributed by atoms with E-state index >= 15 is 4.39 Å². The second kappa shape index (κ2) is 8.92. The maximum Gasteiger partial charge on any atom is 0.232 e. The third-order valence-electron chi connectivity index (χ3n) is 4.97. The Morgan fingerprint density at radius 1 is 1.09 bits per heavy atom. The van der Waals surface area contributed by atoms with Gasteiger partial charge < -0.3 is 4.98 Å². The van der Waals surface area contributed by atoms with Crippen LogP contribution in [-0.4, -0.2) is 29.9 Å². The lowest BCUT2D eigenvalue weighted by atomic mass is 10.00. The zero-order chi connectivity index (χ0) is 23.8. The average Bonchev–Trinajstić information content (AvgIpc) is 3.19. The summed E-state index contributed by atoms with van der Waals surface area (Å²) in [7, 11) is -3.89. The number of pyridine rings is 1. The SMILES string of the molecule is CCCS(=O)(=O)Nc1cc(F)cc(C(=O)c2c[nH]c3ncc(-c4ccc(Cl)cc4)cc23)c1F. The molecule has 0 spiro atoms. The van der Waals surface area contributed by atoms with Crippen molar-refractivity contribution < 1.29 is 22.0 Å². The van der Waals surface area contributed by atoms with Gasteiger partial charge in [-0.2, -0.15) is 0 Å². The van der Waals surface area contributed by atoms with Crippen LogP contribution in [0.5, 0.6) is 0 Å². The third-order valence-corrected chi connectivity index (χ3v) is 6.70.